The molecule has 3 aromatic rings. The van der Waals surface area contributed by atoms with Gasteiger partial charge in [-0.2, -0.15) is 0 Å². The van der Waals surface area contributed by atoms with E-state index in [1.54, 1.807) is 6.07 Å². The second-order valence-corrected chi connectivity index (χ2v) is 5.72. The van der Waals surface area contributed by atoms with Crippen molar-refractivity contribution in [3.63, 3.8) is 0 Å². The van der Waals surface area contributed by atoms with Crippen LogP contribution in [-0.4, -0.2) is 30.0 Å². The lowest BCUT2D eigenvalue weighted by atomic mass is 10.2. The highest BCUT2D eigenvalue weighted by Gasteiger charge is 2.08. The SMILES string of the molecule is Cc1nc(Nc2ccc(NC(=O)c3ccoc3)cc2)cc(N(C)C)n1. The molecule has 2 aromatic heterocycles. The summed E-state index contributed by atoms with van der Waals surface area (Å²) in [5, 5.41) is 6.05. The highest BCUT2D eigenvalue weighted by Crippen LogP contribution is 2.20. The van der Waals surface area contributed by atoms with E-state index in [9.17, 15) is 4.79 Å². The normalized spacial score (nSPS) is 10.4. The van der Waals surface area contributed by atoms with Crippen LogP contribution in [0.3, 0.4) is 0 Å². The second kappa shape index (κ2) is 7.04. The lowest BCUT2D eigenvalue weighted by Crippen LogP contribution is -2.12. The second-order valence-electron chi connectivity index (χ2n) is 5.72. The van der Waals surface area contributed by atoms with Crippen LogP contribution in [0.25, 0.3) is 0 Å². The van der Waals surface area contributed by atoms with Crippen molar-refractivity contribution < 1.29 is 9.21 Å². The number of nitrogens with zero attached hydrogens (tertiary/aromatic N) is 3. The van der Waals surface area contributed by atoms with Crippen LogP contribution in [0.2, 0.25) is 0 Å². The van der Waals surface area contributed by atoms with Gasteiger partial charge < -0.3 is 20.0 Å². The molecule has 0 unspecified atom stereocenters. The van der Waals surface area contributed by atoms with Gasteiger partial charge in [0.15, 0.2) is 0 Å². The number of carbonyl (C=O) groups is 1. The van der Waals surface area contributed by atoms with Gasteiger partial charge >= 0.3 is 0 Å². The van der Waals surface area contributed by atoms with Crippen LogP contribution in [0.1, 0.15) is 16.2 Å². The molecule has 2 heterocycles. The minimum atomic E-state index is -0.212. The molecule has 0 spiro atoms. The van der Waals surface area contributed by atoms with Crippen molar-refractivity contribution in [3.05, 3.63) is 60.3 Å². The monoisotopic (exact) mass is 337 g/mol. The first-order valence-corrected chi connectivity index (χ1v) is 7.75. The summed E-state index contributed by atoms with van der Waals surface area (Å²) < 4.78 is 4.91. The predicted octanol–water partition coefficient (Wildman–Crippen LogP) is 3.44. The maximum atomic E-state index is 12.0. The molecule has 1 aromatic carbocycles. The van der Waals surface area contributed by atoms with Gasteiger partial charge in [-0.25, -0.2) is 9.97 Å². The lowest BCUT2D eigenvalue weighted by Gasteiger charge is -2.14. The zero-order valence-corrected chi connectivity index (χ0v) is 14.3. The zero-order valence-electron chi connectivity index (χ0n) is 14.3. The Morgan fingerprint density at radius 1 is 1.08 bits per heavy atom. The molecule has 0 saturated carbocycles. The summed E-state index contributed by atoms with van der Waals surface area (Å²) in [5.41, 5.74) is 2.04. The Kier molecular flexibility index (Phi) is 4.65. The minimum Gasteiger partial charge on any atom is -0.472 e. The number of carbonyl (C=O) groups excluding carboxylic acids is 1. The van der Waals surface area contributed by atoms with Gasteiger partial charge in [-0.1, -0.05) is 0 Å². The van der Waals surface area contributed by atoms with Crippen molar-refractivity contribution in [2.75, 3.05) is 29.6 Å². The van der Waals surface area contributed by atoms with E-state index < -0.39 is 0 Å². The summed E-state index contributed by atoms with van der Waals surface area (Å²) in [6.45, 7) is 1.85. The number of aryl methyl sites for hydroxylation is 1. The maximum absolute atomic E-state index is 12.0. The molecular formula is C18H19N5O2. The fourth-order valence-corrected chi connectivity index (χ4v) is 2.23. The number of furan rings is 1. The van der Waals surface area contributed by atoms with E-state index in [1.807, 2.05) is 56.3 Å². The van der Waals surface area contributed by atoms with Crippen LogP contribution in [0, 0.1) is 6.92 Å². The van der Waals surface area contributed by atoms with Gasteiger partial charge in [-0.05, 0) is 37.3 Å². The first kappa shape index (κ1) is 16.5. The van der Waals surface area contributed by atoms with Gasteiger partial charge in [0.2, 0.25) is 0 Å². The Morgan fingerprint density at radius 2 is 1.80 bits per heavy atom. The lowest BCUT2D eigenvalue weighted by molar-refractivity contribution is 0.102. The standard InChI is InChI=1S/C18H19N5O2/c1-12-19-16(10-17(20-12)23(2)3)21-14-4-6-15(7-5-14)22-18(24)13-8-9-25-11-13/h4-11H,1-3H3,(H,22,24)(H,19,20,21). The van der Waals surface area contributed by atoms with E-state index in [2.05, 4.69) is 20.6 Å². The van der Waals surface area contributed by atoms with Crippen LogP contribution in [0.4, 0.5) is 23.0 Å². The molecule has 0 saturated heterocycles. The Balaban J connectivity index is 1.70. The van der Waals surface area contributed by atoms with E-state index in [-0.39, 0.29) is 5.91 Å². The summed E-state index contributed by atoms with van der Waals surface area (Å²) in [6, 6.07) is 10.9. The molecule has 3 rings (SSSR count). The molecular weight excluding hydrogens is 318 g/mol. The molecule has 128 valence electrons. The number of hydrogen-bond acceptors (Lipinski definition) is 6. The van der Waals surface area contributed by atoms with Gasteiger partial charge in [0, 0.05) is 31.5 Å². The molecule has 1 amide bonds. The number of anilines is 4. The van der Waals surface area contributed by atoms with Crippen molar-refractivity contribution in [1.29, 1.82) is 0 Å². The van der Waals surface area contributed by atoms with Gasteiger partial charge in [0.05, 0.1) is 11.8 Å². The van der Waals surface area contributed by atoms with Crippen LogP contribution in [0.15, 0.2) is 53.3 Å². The summed E-state index contributed by atoms with van der Waals surface area (Å²) in [7, 11) is 3.87. The van der Waals surface area contributed by atoms with Gasteiger partial charge in [-0.15, -0.1) is 0 Å². The van der Waals surface area contributed by atoms with Crippen LogP contribution >= 0.6 is 0 Å². The Bertz CT molecular complexity index is 858. The topological polar surface area (TPSA) is 83.3 Å². The number of amides is 1. The highest BCUT2D eigenvalue weighted by molar-refractivity contribution is 6.04. The summed E-state index contributed by atoms with van der Waals surface area (Å²) >= 11 is 0. The summed E-state index contributed by atoms with van der Waals surface area (Å²) in [4.78, 5) is 22.7. The fourth-order valence-electron chi connectivity index (χ4n) is 2.23. The van der Waals surface area contributed by atoms with Crippen LogP contribution in [0.5, 0.6) is 0 Å². The number of nitrogens with one attached hydrogen (secondary N) is 2. The third-order valence-corrected chi connectivity index (χ3v) is 3.48. The molecule has 0 atom stereocenters. The first-order valence-electron chi connectivity index (χ1n) is 7.75. The largest absolute Gasteiger partial charge is 0.472 e. The molecule has 7 nitrogen and oxygen atoms in total. The third-order valence-electron chi connectivity index (χ3n) is 3.48. The van der Waals surface area contributed by atoms with Crippen molar-refractivity contribution in [3.8, 4) is 0 Å². The molecule has 0 aliphatic carbocycles. The molecule has 25 heavy (non-hydrogen) atoms. The average Bonchev–Trinajstić information content (AvgIpc) is 3.11. The van der Waals surface area contributed by atoms with Crippen LogP contribution in [-0.2, 0) is 0 Å². The van der Waals surface area contributed by atoms with E-state index >= 15 is 0 Å². The van der Waals surface area contributed by atoms with Crippen molar-refractivity contribution in [1.82, 2.24) is 9.97 Å². The summed E-state index contributed by atoms with van der Waals surface area (Å²) in [6.07, 6.45) is 2.87. The molecule has 0 radical (unpaired) electrons. The van der Waals surface area contributed by atoms with E-state index in [1.165, 1.54) is 12.5 Å². The van der Waals surface area contributed by atoms with Crippen molar-refractivity contribution >= 4 is 28.9 Å². The number of hydrogen-bond donors (Lipinski definition) is 2. The highest BCUT2D eigenvalue weighted by atomic mass is 16.3. The maximum Gasteiger partial charge on any atom is 0.258 e. The number of rotatable bonds is 5. The predicted molar refractivity (Wildman–Crippen MR) is 97.5 cm³/mol. The Morgan fingerprint density at radius 3 is 2.44 bits per heavy atom. The van der Waals surface area contributed by atoms with E-state index in [4.69, 9.17) is 4.42 Å². The molecule has 7 heteroatoms. The number of benzene rings is 1. The molecule has 0 bridgehead atoms. The minimum absolute atomic E-state index is 0.212. The number of aromatic nitrogens is 2. The van der Waals surface area contributed by atoms with Crippen molar-refractivity contribution in [2.24, 2.45) is 0 Å². The quantitative estimate of drug-likeness (QED) is 0.742. The molecule has 2 N–H and O–H groups in total. The smallest absolute Gasteiger partial charge is 0.258 e. The Hall–Kier alpha value is -3.35. The average molecular weight is 337 g/mol. The van der Waals surface area contributed by atoms with Gasteiger partial charge in [0.25, 0.3) is 5.91 Å². The first-order chi connectivity index (χ1) is 12.0. The van der Waals surface area contributed by atoms with Gasteiger partial charge in [-0.3, -0.25) is 4.79 Å². The van der Waals surface area contributed by atoms with E-state index in [0.717, 1.165) is 11.5 Å². The van der Waals surface area contributed by atoms with E-state index in [0.29, 0.717) is 22.9 Å². The van der Waals surface area contributed by atoms with Crippen LogP contribution < -0.4 is 15.5 Å². The van der Waals surface area contributed by atoms with Crippen molar-refractivity contribution in [2.45, 2.75) is 6.92 Å². The molecule has 0 fully saturated rings. The third kappa shape index (κ3) is 4.14. The molecule has 0 aliphatic heterocycles. The Labute approximate surface area is 145 Å². The fraction of sp³-hybridized carbons (Fsp3) is 0.167. The van der Waals surface area contributed by atoms with Gasteiger partial charge in [0.1, 0.15) is 23.7 Å². The summed E-state index contributed by atoms with van der Waals surface area (Å²) in [5.74, 6) is 2.03. The molecule has 0 aliphatic rings. The zero-order chi connectivity index (χ0) is 17.8.